The van der Waals surface area contributed by atoms with Gasteiger partial charge in [0, 0.05) is 18.9 Å². The molecule has 0 aliphatic carbocycles. The van der Waals surface area contributed by atoms with Gasteiger partial charge in [-0.15, -0.1) is 0 Å². The van der Waals surface area contributed by atoms with Gasteiger partial charge in [0.15, 0.2) is 5.13 Å². The number of anilines is 2. The summed E-state index contributed by atoms with van der Waals surface area (Å²) in [5, 5.41) is 13.1. The van der Waals surface area contributed by atoms with Crippen LogP contribution in [0.15, 0.2) is 48.8 Å². The van der Waals surface area contributed by atoms with Crippen molar-refractivity contribution in [1.82, 2.24) is 14.9 Å². The summed E-state index contributed by atoms with van der Waals surface area (Å²) in [7, 11) is 0. The first kappa shape index (κ1) is 19.0. The van der Waals surface area contributed by atoms with Crippen molar-refractivity contribution < 1.29 is 9.50 Å². The highest BCUT2D eigenvalue weighted by molar-refractivity contribution is 7.18. The van der Waals surface area contributed by atoms with E-state index in [1.165, 1.54) is 29.0 Å². The van der Waals surface area contributed by atoms with Gasteiger partial charge < -0.3 is 15.3 Å². The number of pyridine rings is 1. The number of aromatic nitrogens is 2. The number of aliphatic hydroxyl groups is 1. The maximum Gasteiger partial charge on any atom is 0.188 e. The second kappa shape index (κ2) is 8.77. The number of likely N-dealkylation sites (tertiary alicyclic amines) is 1. The fourth-order valence-corrected chi connectivity index (χ4v) is 4.44. The van der Waals surface area contributed by atoms with Gasteiger partial charge in [0.2, 0.25) is 0 Å². The summed E-state index contributed by atoms with van der Waals surface area (Å²) in [6.45, 7) is 3.01. The number of hydrogen-bond donors (Lipinski definition) is 2. The lowest BCUT2D eigenvalue weighted by Crippen LogP contribution is -2.34. The molecule has 1 aromatic carbocycles. The van der Waals surface area contributed by atoms with E-state index in [1.54, 1.807) is 12.3 Å². The third-order valence-corrected chi connectivity index (χ3v) is 6.07. The van der Waals surface area contributed by atoms with Crippen LogP contribution in [0.5, 0.6) is 0 Å². The summed E-state index contributed by atoms with van der Waals surface area (Å²) >= 11 is 1.48. The van der Waals surface area contributed by atoms with E-state index in [0.29, 0.717) is 5.92 Å². The molecule has 2 aromatic heterocycles. The van der Waals surface area contributed by atoms with Crippen molar-refractivity contribution in [3.05, 3.63) is 60.2 Å². The van der Waals surface area contributed by atoms with Crippen molar-refractivity contribution in [2.24, 2.45) is 0 Å². The smallest absolute Gasteiger partial charge is 0.188 e. The Kier molecular flexibility index (Phi) is 5.95. The van der Waals surface area contributed by atoms with E-state index >= 15 is 0 Å². The summed E-state index contributed by atoms with van der Waals surface area (Å²) < 4.78 is 13.4. The van der Waals surface area contributed by atoms with E-state index in [9.17, 15) is 4.39 Å². The Hall–Kier alpha value is -2.35. The van der Waals surface area contributed by atoms with Gasteiger partial charge in [0.1, 0.15) is 11.6 Å². The zero-order chi connectivity index (χ0) is 19.3. The van der Waals surface area contributed by atoms with Crippen molar-refractivity contribution in [2.45, 2.75) is 18.8 Å². The molecule has 0 radical (unpaired) electrons. The van der Waals surface area contributed by atoms with E-state index < -0.39 is 0 Å². The minimum Gasteiger partial charge on any atom is -0.395 e. The minimum absolute atomic E-state index is 0.222. The van der Waals surface area contributed by atoms with Crippen molar-refractivity contribution in [3.63, 3.8) is 0 Å². The van der Waals surface area contributed by atoms with E-state index in [4.69, 9.17) is 5.11 Å². The van der Waals surface area contributed by atoms with Crippen molar-refractivity contribution in [2.75, 3.05) is 31.6 Å². The molecule has 1 aliphatic rings. The van der Waals surface area contributed by atoms with Crippen LogP contribution in [-0.2, 0) is 0 Å². The number of nitrogens with zero attached hydrogens (tertiary/aromatic N) is 3. The lowest BCUT2D eigenvalue weighted by atomic mass is 9.90. The number of rotatable bonds is 6. The lowest BCUT2D eigenvalue weighted by Gasteiger charge is -2.31. The highest BCUT2D eigenvalue weighted by Crippen LogP contribution is 2.32. The summed E-state index contributed by atoms with van der Waals surface area (Å²) in [6, 6.07) is 10.7. The quantitative estimate of drug-likeness (QED) is 0.650. The van der Waals surface area contributed by atoms with E-state index in [-0.39, 0.29) is 12.4 Å². The van der Waals surface area contributed by atoms with E-state index in [0.717, 1.165) is 53.9 Å². The fraction of sp³-hybridized carbons (Fsp3) is 0.333. The Morgan fingerprint density at radius 1 is 1.18 bits per heavy atom. The maximum absolute atomic E-state index is 13.4. The molecule has 3 aromatic rings. The molecule has 0 bridgehead atoms. The van der Waals surface area contributed by atoms with Crippen LogP contribution in [0, 0.1) is 5.82 Å². The summed E-state index contributed by atoms with van der Waals surface area (Å²) in [4.78, 5) is 12.0. The summed E-state index contributed by atoms with van der Waals surface area (Å²) in [5.74, 6) is 1.04. The number of aliphatic hydroxyl groups excluding tert-OH is 1. The lowest BCUT2D eigenvalue weighted by molar-refractivity contribution is 0.164. The predicted molar refractivity (Wildman–Crippen MR) is 111 cm³/mol. The average Bonchev–Trinajstić information content (AvgIpc) is 3.18. The Labute approximate surface area is 167 Å². The van der Waals surface area contributed by atoms with Crippen molar-refractivity contribution in [1.29, 1.82) is 0 Å². The van der Waals surface area contributed by atoms with Gasteiger partial charge >= 0.3 is 0 Å². The van der Waals surface area contributed by atoms with Crippen LogP contribution >= 0.6 is 11.3 Å². The van der Waals surface area contributed by atoms with Gasteiger partial charge in [-0.3, -0.25) is 0 Å². The maximum atomic E-state index is 13.4. The Balaban J connectivity index is 1.43. The van der Waals surface area contributed by atoms with Gasteiger partial charge in [-0.25, -0.2) is 14.4 Å². The third kappa shape index (κ3) is 4.55. The molecule has 3 heterocycles. The first-order valence-corrected chi connectivity index (χ1v) is 10.3. The molecule has 0 amide bonds. The summed E-state index contributed by atoms with van der Waals surface area (Å²) in [5.41, 5.74) is 2.10. The van der Waals surface area contributed by atoms with E-state index in [2.05, 4.69) is 32.3 Å². The second-order valence-electron chi connectivity index (χ2n) is 6.98. The monoisotopic (exact) mass is 398 g/mol. The number of piperidine rings is 1. The minimum atomic E-state index is -0.250. The van der Waals surface area contributed by atoms with Crippen LogP contribution in [0.4, 0.5) is 15.3 Å². The second-order valence-corrected chi connectivity index (χ2v) is 8.01. The molecule has 7 heteroatoms. The first-order valence-electron chi connectivity index (χ1n) is 9.49. The van der Waals surface area contributed by atoms with Crippen molar-refractivity contribution in [3.8, 4) is 10.4 Å². The highest BCUT2D eigenvalue weighted by Gasteiger charge is 2.20. The topological polar surface area (TPSA) is 61.3 Å². The highest BCUT2D eigenvalue weighted by atomic mass is 32.1. The Bertz CT molecular complexity index is 924. The molecular weight excluding hydrogens is 375 g/mol. The SMILES string of the molecule is OCCN1CCC(c2ccnc(Nc3ncc(-c4cccc(F)c4)s3)c2)CC1. The molecular formula is C21H23FN4OS. The summed E-state index contributed by atoms with van der Waals surface area (Å²) in [6.07, 6.45) is 5.76. The third-order valence-electron chi connectivity index (χ3n) is 5.11. The molecule has 0 atom stereocenters. The molecule has 1 saturated heterocycles. The molecule has 4 rings (SSSR count). The van der Waals surface area contributed by atoms with Crippen LogP contribution in [0.3, 0.4) is 0 Å². The van der Waals surface area contributed by atoms with Crippen LogP contribution in [-0.4, -0.2) is 46.2 Å². The number of nitrogens with one attached hydrogen (secondary N) is 1. The number of halogens is 1. The van der Waals surface area contributed by atoms with E-state index in [1.807, 2.05) is 12.3 Å². The van der Waals surface area contributed by atoms with Crippen LogP contribution < -0.4 is 5.32 Å². The largest absolute Gasteiger partial charge is 0.395 e. The molecule has 1 fully saturated rings. The molecule has 1 aliphatic heterocycles. The molecule has 0 spiro atoms. The number of hydrogen-bond acceptors (Lipinski definition) is 6. The number of β-amino-alcohol motifs (C(OH)–C–C–N with tert-alkyl or cyclic N) is 1. The van der Waals surface area contributed by atoms with Crippen molar-refractivity contribution >= 4 is 22.3 Å². The molecule has 5 nitrogen and oxygen atoms in total. The zero-order valence-electron chi connectivity index (χ0n) is 15.5. The molecule has 0 unspecified atom stereocenters. The number of benzene rings is 1. The number of thiazole rings is 1. The standard InChI is InChI=1S/C21H23FN4OS/c22-18-3-1-2-17(12-18)19-14-24-21(28-19)25-20-13-16(4-7-23-20)15-5-8-26(9-6-15)10-11-27/h1-4,7,12-15,27H,5-6,8-11H2,(H,23,24,25). The predicted octanol–water partition coefficient (Wildman–Crippen LogP) is 4.26. The average molecular weight is 399 g/mol. The van der Waals surface area contributed by atoms with Gasteiger partial charge in [-0.2, -0.15) is 0 Å². The molecule has 2 N–H and O–H groups in total. The van der Waals surface area contributed by atoms with Gasteiger partial charge in [-0.05, 0) is 67.2 Å². The Morgan fingerprint density at radius 3 is 2.82 bits per heavy atom. The van der Waals surface area contributed by atoms with Crippen LogP contribution in [0.25, 0.3) is 10.4 Å². The Morgan fingerprint density at radius 2 is 2.04 bits per heavy atom. The van der Waals surface area contributed by atoms with Gasteiger partial charge in [-0.1, -0.05) is 23.5 Å². The fourth-order valence-electron chi connectivity index (χ4n) is 3.62. The molecule has 0 saturated carbocycles. The van der Waals surface area contributed by atoms with Gasteiger partial charge in [0.25, 0.3) is 0 Å². The van der Waals surface area contributed by atoms with Crippen LogP contribution in [0.1, 0.15) is 24.3 Å². The molecule has 146 valence electrons. The van der Waals surface area contributed by atoms with Gasteiger partial charge in [0.05, 0.1) is 11.5 Å². The molecule has 28 heavy (non-hydrogen) atoms. The normalized spacial score (nSPS) is 15.6. The zero-order valence-corrected chi connectivity index (χ0v) is 16.3. The first-order chi connectivity index (χ1) is 13.7. The van der Waals surface area contributed by atoms with Crippen LogP contribution in [0.2, 0.25) is 0 Å².